The summed E-state index contributed by atoms with van der Waals surface area (Å²) in [6, 6.07) is 91.6. The fourth-order valence-corrected chi connectivity index (χ4v) is 9.12. The van der Waals surface area contributed by atoms with E-state index in [2.05, 4.69) is 302 Å². The second-order valence-electron chi connectivity index (χ2n) is 17.5. The van der Waals surface area contributed by atoms with E-state index in [0.29, 0.717) is 0 Å². The maximum atomic E-state index is 2.33. The smallest absolute Gasteiger partial charge is 0.0464 e. The fraction of sp³-hybridized carbons (Fsp3) is 0.0625. The van der Waals surface area contributed by atoms with Crippen LogP contribution in [0, 0.1) is 27.7 Å². The number of para-hydroxylation sites is 2. The van der Waals surface area contributed by atoms with E-state index in [4.69, 9.17) is 0 Å². The third-order valence-corrected chi connectivity index (χ3v) is 12.4. The molecule has 0 bridgehead atoms. The molecule has 330 valence electrons. The van der Waals surface area contributed by atoms with Crippen LogP contribution in [0.2, 0.25) is 0 Å². The Morgan fingerprint density at radius 3 is 0.603 bits per heavy atom. The molecule has 68 heavy (non-hydrogen) atoms. The van der Waals surface area contributed by atoms with Crippen LogP contribution in [0.1, 0.15) is 22.3 Å². The van der Waals surface area contributed by atoms with Gasteiger partial charge in [-0.2, -0.15) is 0 Å². The third-order valence-electron chi connectivity index (χ3n) is 12.4. The van der Waals surface area contributed by atoms with Gasteiger partial charge in [0.25, 0.3) is 0 Å². The van der Waals surface area contributed by atoms with Gasteiger partial charge in [0, 0.05) is 68.2 Å². The lowest BCUT2D eigenvalue weighted by molar-refractivity contribution is 1.24. The maximum Gasteiger partial charge on any atom is 0.0464 e. The summed E-state index contributed by atoms with van der Waals surface area (Å²) in [4.78, 5) is 9.31. The highest BCUT2D eigenvalue weighted by Crippen LogP contribution is 2.42. The quantitative estimate of drug-likeness (QED) is 0.114. The van der Waals surface area contributed by atoms with E-state index < -0.39 is 0 Å². The summed E-state index contributed by atoms with van der Waals surface area (Å²) in [6.07, 6.45) is 0. The monoisotopic (exact) mass is 878 g/mol. The molecule has 0 atom stereocenters. The molecule has 4 heteroatoms. The van der Waals surface area contributed by atoms with E-state index in [0.717, 1.165) is 79.4 Å². The minimum Gasteiger partial charge on any atom is -0.311 e. The molecule has 0 radical (unpaired) electrons. The van der Waals surface area contributed by atoms with Crippen molar-refractivity contribution in [3.8, 4) is 11.1 Å². The predicted molar refractivity (Wildman–Crippen MR) is 290 cm³/mol. The summed E-state index contributed by atoms with van der Waals surface area (Å²) < 4.78 is 0. The van der Waals surface area contributed by atoms with Crippen molar-refractivity contribution in [1.29, 1.82) is 0 Å². The number of hydrogen-bond acceptors (Lipinski definition) is 4. The highest BCUT2D eigenvalue weighted by Gasteiger charge is 2.19. The molecule has 4 nitrogen and oxygen atoms in total. The molecule has 0 fully saturated rings. The molecule has 0 aliphatic heterocycles. The van der Waals surface area contributed by atoms with Crippen molar-refractivity contribution >= 4 is 68.2 Å². The van der Waals surface area contributed by atoms with Gasteiger partial charge in [-0.15, -0.1) is 0 Å². The molecule has 10 aromatic rings. The lowest BCUT2D eigenvalue weighted by atomic mass is 10.0. The Morgan fingerprint density at radius 1 is 0.176 bits per heavy atom. The van der Waals surface area contributed by atoms with Gasteiger partial charge in [-0.05, 0) is 207 Å². The second-order valence-corrected chi connectivity index (χ2v) is 17.5. The van der Waals surface area contributed by atoms with Gasteiger partial charge in [0.2, 0.25) is 0 Å². The van der Waals surface area contributed by atoms with Crippen LogP contribution >= 0.6 is 0 Å². The van der Waals surface area contributed by atoms with Gasteiger partial charge in [0.1, 0.15) is 0 Å². The van der Waals surface area contributed by atoms with Crippen molar-refractivity contribution < 1.29 is 0 Å². The number of rotatable bonds is 13. The largest absolute Gasteiger partial charge is 0.311 e. The van der Waals surface area contributed by atoms with Gasteiger partial charge in [-0.3, -0.25) is 0 Å². The third kappa shape index (κ3) is 9.40. The lowest BCUT2D eigenvalue weighted by Crippen LogP contribution is -2.12. The van der Waals surface area contributed by atoms with Crippen LogP contribution in [-0.4, -0.2) is 0 Å². The second kappa shape index (κ2) is 19.5. The molecule has 0 unspecified atom stereocenters. The summed E-state index contributed by atoms with van der Waals surface area (Å²) in [5, 5.41) is 0. The van der Waals surface area contributed by atoms with Crippen molar-refractivity contribution in [2.75, 3.05) is 19.6 Å². The number of hydrogen-bond donors (Lipinski definition) is 0. The zero-order valence-corrected chi connectivity index (χ0v) is 39.0. The zero-order valence-electron chi connectivity index (χ0n) is 39.0. The minimum absolute atomic E-state index is 1.08. The van der Waals surface area contributed by atoms with Crippen LogP contribution in [0.15, 0.2) is 255 Å². The van der Waals surface area contributed by atoms with Crippen molar-refractivity contribution in [2.45, 2.75) is 27.7 Å². The highest BCUT2D eigenvalue weighted by molar-refractivity contribution is 5.84. The Kier molecular flexibility index (Phi) is 12.4. The molecule has 10 aromatic carbocycles. The summed E-state index contributed by atoms with van der Waals surface area (Å²) in [5.41, 5.74) is 20.5. The van der Waals surface area contributed by atoms with Crippen molar-refractivity contribution in [3.05, 3.63) is 277 Å². The first kappa shape index (κ1) is 43.3. The molecule has 0 spiro atoms. The molecule has 0 aliphatic rings. The molecule has 0 saturated heterocycles. The van der Waals surface area contributed by atoms with Gasteiger partial charge in [-0.1, -0.05) is 109 Å². The molecule has 0 N–H and O–H groups in total. The summed E-state index contributed by atoms with van der Waals surface area (Å²) >= 11 is 0. The molecule has 0 amide bonds. The van der Waals surface area contributed by atoms with Crippen LogP contribution < -0.4 is 19.6 Å². The molecular formula is C64H54N4. The Balaban J connectivity index is 0.938. The number of nitrogens with zero attached hydrogens (tertiary/aromatic N) is 4. The Hall–Kier alpha value is -8.60. The molecule has 10 rings (SSSR count). The van der Waals surface area contributed by atoms with Gasteiger partial charge >= 0.3 is 0 Å². The Labute approximate surface area is 401 Å². The predicted octanol–water partition coefficient (Wildman–Crippen LogP) is 18.5. The standard InChI is InChI=1S/C64H54N4/c1-47-15-11-23-61(43-47)67(62-24-12-16-48(2)44-62)59-39-35-57(36-40-59)65(53-19-7-5-8-20-53)55-31-27-51(28-32-55)52-29-33-56(34-30-52)66(54-21-9-6-10-22-54)58-37-41-60(42-38-58)68(63-25-13-17-49(3)45-63)64-26-14-18-50(4)46-64/h5-46H,1-4H3. The van der Waals surface area contributed by atoms with E-state index >= 15 is 0 Å². The summed E-state index contributed by atoms with van der Waals surface area (Å²) in [7, 11) is 0. The Bertz CT molecular complexity index is 2940. The molecule has 0 saturated carbocycles. The molecule has 0 aromatic heterocycles. The number of aryl methyl sites for hydroxylation is 4. The number of anilines is 12. The number of benzene rings is 10. The van der Waals surface area contributed by atoms with Gasteiger partial charge in [0.05, 0.1) is 0 Å². The van der Waals surface area contributed by atoms with Gasteiger partial charge < -0.3 is 19.6 Å². The van der Waals surface area contributed by atoms with E-state index in [9.17, 15) is 0 Å². The van der Waals surface area contributed by atoms with Crippen LogP contribution in [0.4, 0.5) is 68.2 Å². The molecular weight excluding hydrogens is 825 g/mol. The maximum absolute atomic E-state index is 2.33. The van der Waals surface area contributed by atoms with Gasteiger partial charge in [-0.25, -0.2) is 0 Å². The fourth-order valence-electron chi connectivity index (χ4n) is 9.12. The van der Waals surface area contributed by atoms with Crippen LogP contribution in [0.5, 0.6) is 0 Å². The average molecular weight is 879 g/mol. The van der Waals surface area contributed by atoms with Crippen LogP contribution in [0.3, 0.4) is 0 Å². The molecule has 0 aliphatic carbocycles. The van der Waals surface area contributed by atoms with Crippen LogP contribution in [0.25, 0.3) is 11.1 Å². The first-order valence-corrected chi connectivity index (χ1v) is 23.3. The summed E-state index contributed by atoms with van der Waals surface area (Å²) in [5.74, 6) is 0. The van der Waals surface area contributed by atoms with Crippen molar-refractivity contribution in [1.82, 2.24) is 0 Å². The molecule has 0 heterocycles. The van der Waals surface area contributed by atoms with E-state index in [1.54, 1.807) is 0 Å². The van der Waals surface area contributed by atoms with E-state index in [1.807, 2.05) is 0 Å². The Morgan fingerprint density at radius 2 is 0.368 bits per heavy atom. The van der Waals surface area contributed by atoms with Crippen molar-refractivity contribution in [3.63, 3.8) is 0 Å². The summed E-state index contributed by atoms with van der Waals surface area (Å²) in [6.45, 7) is 8.58. The van der Waals surface area contributed by atoms with E-state index in [1.165, 1.54) is 22.3 Å². The minimum atomic E-state index is 1.08. The topological polar surface area (TPSA) is 13.0 Å². The normalized spacial score (nSPS) is 10.9. The first-order valence-electron chi connectivity index (χ1n) is 23.3. The zero-order chi connectivity index (χ0) is 46.4. The highest BCUT2D eigenvalue weighted by atomic mass is 15.2. The SMILES string of the molecule is Cc1cccc(N(c2ccc(N(c3ccccc3)c3ccc(-c4ccc(N(c5ccccc5)c5ccc(N(c6cccc(C)c6)c6cccc(C)c6)cc5)cc4)cc3)cc2)c2cccc(C)c2)c1. The average Bonchev–Trinajstić information content (AvgIpc) is 3.37. The van der Waals surface area contributed by atoms with E-state index in [-0.39, 0.29) is 0 Å². The lowest BCUT2D eigenvalue weighted by Gasteiger charge is -2.29. The first-order chi connectivity index (χ1) is 33.3. The van der Waals surface area contributed by atoms with Crippen molar-refractivity contribution in [2.24, 2.45) is 0 Å². The van der Waals surface area contributed by atoms with Gasteiger partial charge in [0.15, 0.2) is 0 Å². The van der Waals surface area contributed by atoms with Crippen LogP contribution in [-0.2, 0) is 0 Å².